The Morgan fingerprint density at radius 3 is 2.80 bits per heavy atom. The van der Waals surface area contributed by atoms with Crippen LogP contribution in [0.25, 0.3) is 15.9 Å². The topological polar surface area (TPSA) is 73.2 Å². The van der Waals surface area contributed by atoms with Gasteiger partial charge in [0.15, 0.2) is 6.61 Å². The highest BCUT2D eigenvalue weighted by atomic mass is 35.5. The van der Waals surface area contributed by atoms with Crippen LogP contribution in [-0.4, -0.2) is 34.8 Å². The van der Waals surface area contributed by atoms with Crippen LogP contribution in [-0.2, 0) is 9.53 Å². The van der Waals surface area contributed by atoms with Gasteiger partial charge in [-0.3, -0.25) is 4.79 Å². The van der Waals surface area contributed by atoms with E-state index in [2.05, 4.69) is 10.4 Å². The number of amides is 1. The highest BCUT2D eigenvalue weighted by Gasteiger charge is 2.20. The largest absolute Gasteiger partial charge is 0.451 e. The van der Waals surface area contributed by atoms with E-state index in [9.17, 15) is 9.59 Å². The lowest BCUT2D eigenvalue weighted by Gasteiger charge is -2.21. The lowest BCUT2D eigenvalue weighted by atomic mass is 9.89. The number of nitrogens with zero attached hydrogens (tertiary/aromatic N) is 2. The van der Waals surface area contributed by atoms with Gasteiger partial charge in [0.05, 0.1) is 16.4 Å². The molecule has 3 aromatic rings. The van der Waals surface area contributed by atoms with E-state index in [-0.39, 0.29) is 12.5 Å². The van der Waals surface area contributed by atoms with Gasteiger partial charge < -0.3 is 10.1 Å². The summed E-state index contributed by atoms with van der Waals surface area (Å²) < 4.78 is 6.98. The van der Waals surface area contributed by atoms with E-state index in [0.29, 0.717) is 22.4 Å². The Bertz CT molecular complexity index is 1070. The summed E-state index contributed by atoms with van der Waals surface area (Å²) in [7, 11) is 0. The minimum absolute atomic E-state index is 0.256. The summed E-state index contributed by atoms with van der Waals surface area (Å²) in [5.74, 6) is -0.223. The average Bonchev–Trinajstić information content (AvgIpc) is 3.32. The van der Waals surface area contributed by atoms with E-state index in [0.717, 1.165) is 34.4 Å². The van der Waals surface area contributed by atoms with Crippen LogP contribution in [0.4, 0.5) is 0 Å². The van der Waals surface area contributed by atoms with Crippen LogP contribution in [0.15, 0.2) is 30.3 Å². The van der Waals surface area contributed by atoms with Crippen molar-refractivity contribution in [2.75, 3.05) is 13.2 Å². The van der Waals surface area contributed by atoms with Crippen LogP contribution < -0.4 is 5.32 Å². The van der Waals surface area contributed by atoms with E-state index >= 15 is 0 Å². The van der Waals surface area contributed by atoms with Crippen molar-refractivity contribution in [1.29, 1.82) is 0 Å². The molecule has 1 saturated carbocycles. The normalized spacial score (nSPS) is 14.7. The molecule has 8 heteroatoms. The quantitative estimate of drug-likeness (QED) is 0.547. The number of benzene rings is 1. The zero-order valence-electron chi connectivity index (χ0n) is 16.8. The van der Waals surface area contributed by atoms with Crippen molar-refractivity contribution in [3.05, 3.63) is 45.9 Å². The number of rotatable bonds is 6. The molecular weight excluding hydrogens is 422 g/mol. The standard InChI is InChI=1S/C22H24ClN3O3S/c1-14-16-11-19(30-21(16)26(25-14)18-10-6-5-9-17(18)23)22(28)29-13-20(27)24-12-15-7-3-2-4-8-15/h5-6,9-11,15H,2-4,7-8,12-13H2,1H3,(H,24,27). The van der Waals surface area contributed by atoms with Gasteiger partial charge in [0.2, 0.25) is 0 Å². The molecule has 1 N–H and O–H groups in total. The molecule has 0 unspecified atom stereocenters. The number of ether oxygens (including phenoxy) is 1. The monoisotopic (exact) mass is 445 g/mol. The Labute approximate surface area is 184 Å². The number of nitrogens with one attached hydrogen (secondary N) is 1. The third-order valence-electron chi connectivity index (χ3n) is 5.47. The highest BCUT2D eigenvalue weighted by molar-refractivity contribution is 7.20. The first-order valence-corrected chi connectivity index (χ1v) is 11.4. The fourth-order valence-corrected chi connectivity index (χ4v) is 5.12. The van der Waals surface area contributed by atoms with Gasteiger partial charge in [-0.1, -0.05) is 43.0 Å². The van der Waals surface area contributed by atoms with Crippen molar-refractivity contribution >= 4 is 45.0 Å². The van der Waals surface area contributed by atoms with Crippen LogP contribution in [0.2, 0.25) is 5.02 Å². The fourth-order valence-electron chi connectivity index (χ4n) is 3.84. The van der Waals surface area contributed by atoms with Crippen molar-refractivity contribution in [3.8, 4) is 5.69 Å². The van der Waals surface area contributed by atoms with E-state index in [4.69, 9.17) is 16.3 Å². The first-order valence-electron chi connectivity index (χ1n) is 10.2. The second kappa shape index (κ2) is 9.18. The fraction of sp³-hybridized carbons (Fsp3) is 0.409. The Morgan fingerprint density at radius 1 is 1.27 bits per heavy atom. The van der Waals surface area contributed by atoms with Crippen LogP contribution >= 0.6 is 22.9 Å². The van der Waals surface area contributed by atoms with Gasteiger partial charge >= 0.3 is 5.97 Å². The molecule has 1 aliphatic rings. The number of carbonyl (C=O) groups is 2. The molecule has 0 aliphatic heterocycles. The van der Waals surface area contributed by atoms with Crippen molar-refractivity contribution in [2.45, 2.75) is 39.0 Å². The Kier molecular flexibility index (Phi) is 6.39. The Hall–Kier alpha value is -2.38. The number of fused-ring (bicyclic) bond motifs is 1. The molecule has 2 heterocycles. The second-order valence-corrected chi connectivity index (χ2v) is 9.10. The summed E-state index contributed by atoms with van der Waals surface area (Å²) in [4.78, 5) is 25.8. The average molecular weight is 446 g/mol. The number of esters is 1. The molecule has 4 rings (SSSR count). The molecule has 6 nitrogen and oxygen atoms in total. The molecule has 1 aliphatic carbocycles. The second-order valence-electron chi connectivity index (χ2n) is 7.66. The molecule has 30 heavy (non-hydrogen) atoms. The van der Waals surface area contributed by atoms with Crippen molar-refractivity contribution in [2.24, 2.45) is 5.92 Å². The first kappa shape index (κ1) is 20.9. The van der Waals surface area contributed by atoms with Crippen molar-refractivity contribution in [3.63, 3.8) is 0 Å². The number of carbonyl (C=O) groups excluding carboxylic acids is 2. The number of hydrogen-bond donors (Lipinski definition) is 1. The van der Waals surface area contributed by atoms with Gasteiger partial charge in [0.25, 0.3) is 5.91 Å². The molecule has 1 aromatic carbocycles. The van der Waals surface area contributed by atoms with Crippen LogP contribution in [0, 0.1) is 12.8 Å². The maximum atomic E-state index is 12.5. The first-order chi connectivity index (χ1) is 14.5. The third-order valence-corrected chi connectivity index (χ3v) is 6.88. The van der Waals surface area contributed by atoms with Gasteiger partial charge in [0.1, 0.15) is 9.71 Å². The number of aryl methyl sites for hydroxylation is 1. The molecular formula is C22H24ClN3O3S. The van der Waals surface area contributed by atoms with Gasteiger partial charge in [-0.15, -0.1) is 11.3 Å². The molecule has 0 radical (unpaired) electrons. The maximum absolute atomic E-state index is 12.5. The molecule has 2 aromatic heterocycles. The van der Waals surface area contributed by atoms with Gasteiger partial charge in [0, 0.05) is 11.9 Å². The summed E-state index contributed by atoms with van der Waals surface area (Å²) in [5.41, 5.74) is 1.55. The summed E-state index contributed by atoms with van der Waals surface area (Å²) in [6, 6.07) is 9.18. The zero-order valence-corrected chi connectivity index (χ0v) is 18.4. The van der Waals surface area contributed by atoms with E-state index < -0.39 is 5.97 Å². The summed E-state index contributed by atoms with van der Waals surface area (Å²) in [6.45, 7) is 2.28. The molecule has 0 bridgehead atoms. The highest BCUT2D eigenvalue weighted by Crippen LogP contribution is 2.32. The zero-order chi connectivity index (χ0) is 21.1. The Balaban J connectivity index is 1.41. The number of aromatic nitrogens is 2. The van der Waals surface area contributed by atoms with Crippen molar-refractivity contribution < 1.29 is 14.3 Å². The van der Waals surface area contributed by atoms with E-state index in [1.807, 2.05) is 25.1 Å². The lowest BCUT2D eigenvalue weighted by Crippen LogP contribution is -2.33. The van der Waals surface area contributed by atoms with Gasteiger partial charge in [-0.05, 0) is 43.9 Å². The summed E-state index contributed by atoms with van der Waals surface area (Å²) in [6.07, 6.45) is 6.05. The molecule has 1 fully saturated rings. The van der Waals surface area contributed by atoms with Crippen LogP contribution in [0.3, 0.4) is 0 Å². The number of para-hydroxylation sites is 1. The van der Waals surface area contributed by atoms with Gasteiger partial charge in [-0.2, -0.15) is 5.10 Å². The maximum Gasteiger partial charge on any atom is 0.348 e. The Morgan fingerprint density at radius 2 is 2.03 bits per heavy atom. The summed E-state index contributed by atoms with van der Waals surface area (Å²) in [5, 5.41) is 8.88. The molecule has 0 saturated heterocycles. The minimum Gasteiger partial charge on any atom is -0.451 e. The predicted molar refractivity (Wildman–Crippen MR) is 119 cm³/mol. The molecule has 158 valence electrons. The SMILES string of the molecule is Cc1nn(-c2ccccc2Cl)c2sc(C(=O)OCC(=O)NCC3CCCCC3)cc12. The summed E-state index contributed by atoms with van der Waals surface area (Å²) >= 11 is 7.60. The molecule has 0 atom stereocenters. The lowest BCUT2D eigenvalue weighted by molar-refractivity contribution is -0.124. The number of thiophene rings is 1. The third kappa shape index (κ3) is 4.52. The van der Waals surface area contributed by atoms with E-state index in [1.54, 1.807) is 16.8 Å². The van der Waals surface area contributed by atoms with Crippen LogP contribution in [0.1, 0.15) is 47.5 Å². The molecule has 1 amide bonds. The number of halogens is 1. The predicted octanol–water partition coefficient (Wildman–Crippen LogP) is 4.90. The minimum atomic E-state index is -0.505. The smallest absolute Gasteiger partial charge is 0.348 e. The van der Waals surface area contributed by atoms with Gasteiger partial charge in [-0.25, -0.2) is 9.48 Å². The van der Waals surface area contributed by atoms with E-state index in [1.165, 1.54) is 30.6 Å². The molecule has 0 spiro atoms. The number of hydrogen-bond acceptors (Lipinski definition) is 5. The van der Waals surface area contributed by atoms with Crippen LogP contribution in [0.5, 0.6) is 0 Å². The van der Waals surface area contributed by atoms with Crippen molar-refractivity contribution in [1.82, 2.24) is 15.1 Å².